The van der Waals surface area contributed by atoms with Gasteiger partial charge in [0.15, 0.2) is 0 Å². The number of nitrogens with one attached hydrogen (secondary N) is 2. The fourth-order valence-electron chi connectivity index (χ4n) is 2.53. The van der Waals surface area contributed by atoms with Crippen LogP contribution in [0.25, 0.3) is 0 Å². The molecule has 0 amide bonds. The van der Waals surface area contributed by atoms with Gasteiger partial charge in [-0.25, -0.2) is 24.2 Å². The van der Waals surface area contributed by atoms with Crippen molar-refractivity contribution in [3.63, 3.8) is 0 Å². The summed E-state index contributed by atoms with van der Waals surface area (Å²) < 4.78 is 0. The van der Waals surface area contributed by atoms with Gasteiger partial charge in [0.1, 0.15) is 5.84 Å². The van der Waals surface area contributed by atoms with Gasteiger partial charge in [0.25, 0.3) is 0 Å². The summed E-state index contributed by atoms with van der Waals surface area (Å²) in [5.74, 6) is -4.47. The molecule has 0 spiro atoms. The van der Waals surface area contributed by atoms with Crippen LogP contribution in [-0.2, 0) is 19.2 Å². The first-order chi connectivity index (χ1) is 19.0. The number of thiophene rings is 2. The number of carboxylic acids is 4. The van der Waals surface area contributed by atoms with Gasteiger partial charge in [0, 0.05) is 30.3 Å². The molecule has 1 aromatic carbocycles. The fourth-order valence-corrected chi connectivity index (χ4v) is 3.77. The number of anilines is 1. The second kappa shape index (κ2) is 18.5. The molecule has 0 aliphatic carbocycles. The molecule has 0 saturated heterocycles. The number of hydrogen-bond donors (Lipinski definition) is 7. The van der Waals surface area contributed by atoms with Crippen molar-refractivity contribution in [2.75, 3.05) is 12.0 Å². The largest absolute Gasteiger partial charge is 0.478 e. The molecule has 0 bridgehead atoms. The molecule has 212 valence electrons. The quantitative estimate of drug-likeness (QED) is 0.0736. The number of rotatable bonds is 11. The van der Waals surface area contributed by atoms with Crippen LogP contribution < -0.4 is 16.4 Å². The smallest absolute Gasteiger partial charge is 0.328 e. The van der Waals surface area contributed by atoms with Crippen LogP contribution in [0.5, 0.6) is 0 Å². The summed E-state index contributed by atoms with van der Waals surface area (Å²) in [4.78, 5) is 43.7. The molecule has 0 aliphatic heterocycles. The molecule has 3 aromatic rings. The van der Waals surface area contributed by atoms with E-state index in [0.29, 0.717) is 30.1 Å². The van der Waals surface area contributed by atoms with Crippen LogP contribution in [0.3, 0.4) is 0 Å². The second-order valence-electron chi connectivity index (χ2n) is 7.34. The number of nitrogens with zero attached hydrogens (tertiary/aromatic N) is 1. The summed E-state index contributed by atoms with van der Waals surface area (Å²) in [6.45, 7) is 2.88. The normalized spacial score (nSPS) is 11.6. The van der Waals surface area contributed by atoms with Crippen molar-refractivity contribution in [2.45, 2.75) is 13.0 Å². The van der Waals surface area contributed by atoms with Crippen LogP contribution >= 0.6 is 22.7 Å². The highest BCUT2D eigenvalue weighted by Crippen LogP contribution is 2.20. The number of aliphatic carboxylic acids is 4. The van der Waals surface area contributed by atoms with Crippen LogP contribution in [0.2, 0.25) is 0 Å². The lowest BCUT2D eigenvalue weighted by Crippen LogP contribution is -2.24. The molecule has 14 heteroatoms. The molecule has 0 fully saturated rings. The Kier molecular flexibility index (Phi) is 15.3. The highest BCUT2D eigenvalue weighted by molar-refractivity contribution is 7.14. The van der Waals surface area contributed by atoms with Crippen molar-refractivity contribution >= 4 is 63.1 Å². The molecule has 0 saturated carbocycles. The van der Waals surface area contributed by atoms with Crippen LogP contribution in [0.15, 0.2) is 88.6 Å². The Bertz CT molecular complexity index is 1240. The highest BCUT2D eigenvalue weighted by atomic mass is 32.1. The molecule has 8 N–H and O–H groups in total. The van der Waals surface area contributed by atoms with Gasteiger partial charge in [-0.1, -0.05) is 18.2 Å². The monoisotopic (exact) mass is 588 g/mol. The minimum absolute atomic E-state index is 0.255. The Balaban J connectivity index is 0.000000412. The average Bonchev–Trinajstić information content (AvgIpc) is 3.62. The predicted octanol–water partition coefficient (Wildman–Crippen LogP) is 3.99. The van der Waals surface area contributed by atoms with Gasteiger partial charge in [-0.05, 0) is 53.6 Å². The maximum atomic E-state index is 9.55. The third kappa shape index (κ3) is 15.5. The first-order valence-electron chi connectivity index (χ1n) is 11.2. The Labute approximate surface area is 237 Å². The van der Waals surface area contributed by atoms with E-state index < -0.39 is 23.9 Å². The summed E-state index contributed by atoms with van der Waals surface area (Å²) in [7, 11) is 0. The van der Waals surface area contributed by atoms with E-state index in [1.807, 2.05) is 35.7 Å². The van der Waals surface area contributed by atoms with E-state index in [1.165, 1.54) is 10.6 Å². The molecular weight excluding hydrogens is 560 g/mol. The molecule has 2 heterocycles. The van der Waals surface area contributed by atoms with Crippen LogP contribution in [0, 0.1) is 0 Å². The van der Waals surface area contributed by atoms with E-state index in [9.17, 15) is 19.2 Å². The summed E-state index contributed by atoms with van der Waals surface area (Å²) in [6.07, 6.45) is 2.23. The highest BCUT2D eigenvalue weighted by Gasteiger charge is 2.05. The molecular formula is C26H28N4O8S2. The molecule has 2 aromatic heterocycles. The molecule has 1 unspecified atom stereocenters. The summed E-state index contributed by atoms with van der Waals surface area (Å²) in [6, 6.07) is 16.5. The third-order valence-electron chi connectivity index (χ3n) is 4.35. The van der Waals surface area contributed by atoms with Gasteiger partial charge in [-0.2, -0.15) is 0 Å². The van der Waals surface area contributed by atoms with E-state index in [-0.39, 0.29) is 6.04 Å². The Morgan fingerprint density at radius 3 is 1.75 bits per heavy atom. The minimum Gasteiger partial charge on any atom is -0.478 e. The molecule has 1 atom stereocenters. The third-order valence-corrected chi connectivity index (χ3v) is 6.07. The molecule has 40 heavy (non-hydrogen) atoms. The van der Waals surface area contributed by atoms with Gasteiger partial charge in [0.2, 0.25) is 0 Å². The van der Waals surface area contributed by atoms with Gasteiger partial charge in [0.05, 0.1) is 22.2 Å². The van der Waals surface area contributed by atoms with Crippen LogP contribution in [0.1, 0.15) is 23.4 Å². The Morgan fingerprint density at radius 2 is 1.32 bits per heavy atom. The topological polar surface area (TPSA) is 212 Å². The Hall–Kier alpha value is -4.79. The summed E-state index contributed by atoms with van der Waals surface area (Å²) >= 11 is 3.29. The zero-order valence-corrected chi connectivity index (χ0v) is 22.8. The number of carboxylic acid groups (broad SMARTS) is 4. The van der Waals surface area contributed by atoms with E-state index in [0.717, 1.165) is 17.2 Å². The lowest BCUT2D eigenvalue weighted by atomic mass is 10.1. The lowest BCUT2D eigenvalue weighted by molar-refractivity contribution is -0.134. The number of hydrogen-bond acceptors (Lipinski definition) is 9. The number of carbonyl (C=O) groups is 4. The van der Waals surface area contributed by atoms with Gasteiger partial charge < -0.3 is 31.5 Å². The number of benzene rings is 1. The second-order valence-corrected chi connectivity index (χ2v) is 9.24. The van der Waals surface area contributed by atoms with Crippen molar-refractivity contribution in [3.8, 4) is 0 Å². The lowest BCUT2D eigenvalue weighted by Gasteiger charge is -2.15. The zero-order valence-electron chi connectivity index (χ0n) is 21.1. The van der Waals surface area contributed by atoms with Crippen LogP contribution in [-0.4, -0.2) is 56.8 Å². The first kappa shape index (κ1) is 33.2. The van der Waals surface area contributed by atoms with Crippen molar-refractivity contribution < 1.29 is 39.6 Å². The van der Waals surface area contributed by atoms with Crippen molar-refractivity contribution in [2.24, 2.45) is 10.7 Å². The molecule has 3 rings (SSSR count). The first-order valence-corrected chi connectivity index (χ1v) is 13.0. The summed E-state index contributed by atoms with van der Waals surface area (Å²) in [5, 5.41) is 43.3. The maximum Gasteiger partial charge on any atom is 0.328 e. The molecule has 0 radical (unpaired) electrons. The average molecular weight is 589 g/mol. The maximum absolute atomic E-state index is 9.55. The van der Waals surface area contributed by atoms with E-state index in [1.54, 1.807) is 22.7 Å². The fraction of sp³-hybridized carbons (Fsp3) is 0.115. The van der Waals surface area contributed by atoms with E-state index in [4.69, 9.17) is 26.2 Å². The van der Waals surface area contributed by atoms with Gasteiger partial charge >= 0.3 is 23.9 Å². The van der Waals surface area contributed by atoms with E-state index >= 15 is 0 Å². The van der Waals surface area contributed by atoms with E-state index in [2.05, 4.69) is 46.1 Å². The summed E-state index contributed by atoms with van der Waals surface area (Å²) in [5.41, 5.74) is 8.11. The van der Waals surface area contributed by atoms with Crippen molar-refractivity contribution in [1.82, 2.24) is 5.32 Å². The van der Waals surface area contributed by atoms with Crippen molar-refractivity contribution in [1.29, 1.82) is 0 Å². The number of aliphatic imine (C=N–C) groups is 1. The SMILES string of the molecule is CC(NCNc1cccs1)c1ccc(N=C(N)c2cccs2)cc1.O=C(O)/C=C/C(=O)O.O=C(O)/C=C/C(=O)O. The minimum atomic E-state index is -1.26. The standard InChI is InChI=1S/C18H20N4S2.2C4H4O4/c1-13(20-12-21-17-5-3-11-24-17)14-6-8-15(9-7-14)22-18(19)16-4-2-10-23-16;2*5-3(6)1-2-4(7)8/h2-11,13,20-21H,12H2,1H3,(H2,19,22);2*1-2H,(H,5,6)(H,7,8)/b;2*2-1+. The molecule has 12 nitrogen and oxygen atoms in total. The van der Waals surface area contributed by atoms with Crippen molar-refractivity contribution in [3.05, 3.63) is 94.0 Å². The molecule has 0 aliphatic rings. The Morgan fingerprint density at radius 1 is 0.825 bits per heavy atom. The number of amidine groups is 1. The van der Waals surface area contributed by atoms with Gasteiger partial charge in [-0.15, -0.1) is 22.7 Å². The zero-order chi connectivity index (χ0) is 29.9. The predicted molar refractivity (Wildman–Crippen MR) is 154 cm³/mol. The number of nitrogens with two attached hydrogens (primary N) is 1. The van der Waals surface area contributed by atoms with Crippen LogP contribution in [0.4, 0.5) is 10.7 Å². The van der Waals surface area contributed by atoms with Gasteiger partial charge in [-0.3, -0.25) is 5.32 Å².